The quantitative estimate of drug-likeness (QED) is 0.176. The molecule has 0 saturated heterocycles. The van der Waals surface area contributed by atoms with E-state index in [9.17, 15) is 0 Å². The van der Waals surface area contributed by atoms with E-state index < -0.39 is 0 Å². The zero-order chi connectivity index (χ0) is 32.5. The SMILES string of the molecule is c1ccc2c(c1)oc1cc3oc4cc(-c5c6ccccc6c(-c6cccc7oc8cc9occc9cc8c67)c6ccccc56)ccc4c3cc12. The minimum Gasteiger partial charge on any atom is -0.464 e. The number of hydrogen-bond acceptors (Lipinski definition) is 4. The Kier molecular flexibility index (Phi) is 4.94. The van der Waals surface area contributed by atoms with Crippen LogP contribution in [0.5, 0.6) is 0 Å². The van der Waals surface area contributed by atoms with Gasteiger partial charge in [0.25, 0.3) is 0 Å². The van der Waals surface area contributed by atoms with Crippen molar-refractivity contribution in [3.8, 4) is 22.3 Å². The molecule has 0 N–H and O–H groups in total. The van der Waals surface area contributed by atoms with Gasteiger partial charge >= 0.3 is 0 Å². The standard InChI is InChI=1S/C46H24O4/c1-3-11-31-29(9-1)44(26-16-17-28-35-22-34-27-8-5-6-14-37(27)48-41(34)24-42(35)50-40(28)21-26)30-10-2-4-12-32(30)45(31)33-13-7-15-38-46(33)36-20-25-18-19-47-39(25)23-43(36)49-38/h1-24H. The molecule has 0 aliphatic carbocycles. The Balaban J connectivity index is 1.13. The van der Waals surface area contributed by atoms with E-state index in [4.69, 9.17) is 17.7 Å². The van der Waals surface area contributed by atoms with Gasteiger partial charge in [-0.2, -0.15) is 0 Å². The van der Waals surface area contributed by atoms with Gasteiger partial charge in [0.1, 0.15) is 39.1 Å². The predicted molar refractivity (Wildman–Crippen MR) is 204 cm³/mol. The Bertz CT molecular complexity index is 3330. The van der Waals surface area contributed by atoms with Crippen molar-refractivity contribution in [2.24, 2.45) is 0 Å². The van der Waals surface area contributed by atoms with Crippen molar-refractivity contribution in [3.63, 3.8) is 0 Å². The molecule has 4 heterocycles. The molecule has 4 nitrogen and oxygen atoms in total. The minimum absolute atomic E-state index is 0.820. The van der Waals surface area contributed by atoms with Crippen molar-refractivity contribution in [1.82, 2.24) is 0 Å². The summed E-state index contributed by atoms with van der Waals surface area (Å²) in [6.07, 6.45) is 1.73. The fraction of sp³-hybridized carbons (Fsp3) is 0. The molecule has 232 valence electrons. The monoisotopic (exact) mass is 640 g/mol. The van der Waals surface area contributed by atoms with Crippen LogP contribution in [-0.4, -0.2) is 0 Å². The number of fused-ring (bicyclic) bond motifs is 12. The second kappa shape index (κ2) is 9.43. The first-order valence-corrected chi connectivity index (χ1v) is 16.8. The molecule has 12 rings (SSSR count). The summed E-state index contributed by atoms with van der Waals surface area (Å²) in [6.45, 7) is 0. The van der Waals surface area contributed by atoms with Crippen LogP contribution in [0.4, 0.5) is 0 Å². The predicted octanol–water partition coefficient (Wildman–Crippen LogP) is 13.8. The molecule has 0 unspecified atom stereocenters. The Morgan fingerprint density at radius 1 is 0.320 bits per heavy atom. The Morgan fingerprint density at radius 2 is 0.900 bits per heavy atom. The third kappa shape index (κ3) is 3.44. The van der Waals surface area contributed by atoms with Gasteiger partial charge in [-0.1, -0.05) is 84.9 Å². The van der Waals surface area contributed by atoms with Crippen LogP contribution in [-0.2, 0) is 0 Å². The molecule has 0 bridgehead atoms. The van der Waals surface area contributed by atoms with Crippen molar-refractivity contribution in [2.45, 2.75) is 0 Å². The van der Waals surface area contributed by atoms with E-state index in [-0.39, 0.29) is 0 Å². The molecule has 0 radical (unpaired) electrons. The second-order valence-electron chi connectivity index (χ2n) is 13.2. The zero-order valence-corrected chi connectivity index (χ0v) is 26.5. The molecule has 0 aliphatic heterocycles. The molecule has 0 aliphatic rings. The number of furan rings is 4. The molecule has 0 atom stereocenters. The average molecular weight is 641 g/mol. The van der Waals surface area contributed by atoms with Gasteiger partial charge in [-0.05, 0) is 86.3 Å². The fourth-order valence-corrected chi connectivity index (χ4v) is 8.37. The maximum atomic E-state index is 6.56. The largest absolute Gasteiger partial charge is 0.464 e. The Hall–Kier alpha value is -6.78. The lowest BCUT2D eigenvalue weighted by Gasteiger charge is -2.18. The summed E-state index contributed by atoms with van der Waals surface area (Å²) < 4.78 is 24.9. The Labute approximate surface area is 283 Å². The van der Waals surface area contributed by atoms with E-state index in [1.165, 1.54) is 32.7 Å². The number of hydrogen-bond donors (Lipinski definition) is 0. The molecule has 8 aromatic carbocycles. The summed E-state index contributed by atoms with van der Waals surface area (Å²) in [6, 6.07) is 49.1. The fourth-order valence-electron chi connectivity index (χ4n) is 8.37. The van der Waals surface area contributed by atoms with Crippen LogP contribution in [0.2, 0.25) is 0 Å². The van der Waals surface area contributed by atoms with Gasteiger partial charge in [0.2, 0.25) is 0 Å². The highest BCUT2D eigenvalue weighted by atomic mass is 16.3. The molecule has 0 spiro atoms. The normalized spacial score (nSPS) is 12.4. The molecule has 4 aromatic heterocycles. The minimum atomic E-state index is 0.820. The maximum absolute atomic E-state index is 6.56. The van der Waals surface area contributed by atoms with Crippen LogP contribution < -0.4 is 0 Å². The molecule has 4 heteroatoms. The van der Waals surface area contributed by atoms with Crippen molar-refractivity contribution in [1.29, 1.82) is 0 Å². The number of para-hydroxylation sites is 1. The van der Waals surface area contributed by atoms with E-state index in [1.807, 2.05) is 30.3 Å². The highest BCUT2D eigenvalue weighted by Crippen LogP contribution is 2.48. The van der Waals surface area contributed by atoms with E-state index in [1.54, 1.807) is 6.26 Å². The van der Waals surface area contributed by atoms with Crippen molar-refractivity contribution in [2.75, 3.05) is 0 Å². The van der Waals surface area contributed by atoms with Gasteiger partial charge < -0.3 is 17.7 Å². The van der Waals surface area contributed by atoms with Gasteiger partial charge in [-0.25, -0.2) is 0 Å². The molecule has 0 saturated carbocycles. The lowest BCUT2D eigenvalue weighted by Crippen LogP contribution is -1.91. The van der Waals surface area contributed by atoms with E-state index in [0.29, 0.717) is 0 Å². The first kappa shape index (κ1) is 26.2. The van der Waals surface area contributed by atoms with Crippen LogP contribution in [0, 0.1) is 0 Å². The van der Waals surface area contributed by atoms with Crippen LogP contribution in [0.25, 0.3) is 121 Å². The van der Waals surface area contributed by atoms with Crippen LogP contribution >= 0.6 is 0 Å². The smallest absolute Gasteiger partial charge is 0.139 e. The topological polar surface area (TPSA) is 52.6 Å². The molecule has 50 heavy (non-hydrogen) atoms. The first-order chi connectivity index (χ1) is 24.8. The van der Waals surface area contributed by atoms with Gasteiger partial charge in [-0.15, -0.1) is 0 Å². The first-order valence-electron chi connectivity index (χ1n) is 16.8. The van der Waals surface area contributed by atoms with E-state index in [2.05, 4.69) is 109 Å². The molecule has 0 fully saturated rings. The maximum Gasteiger partial charge on any atom is 0.139 e. The highest BCUT2D eigenvalue weighted by molar-refractivity contribution is 6.26. The van der Waals surface area contributed by atoms with Gasteiger partial charge in [-0.3, -0.25) is 0 Å². The molecule has 12 aromatic rings. The lowest BCUT2D eigenvalue weighted by atomic mass is 9.85. The highest BCUT2D eigenvalue weighted by Gasteiger charge is 2.22. The summed E-state index contributed by atoms with van der Waals surface area (Å²) in [4.78, 5) is 0. The summed E-state index contributed by atoms with van der Waals surface area (Å²) in [5.41, 5.74) is 10.5. The summed E-state index contributed by atoms with van der Waals surface area (Å²) in [7, 11) is 0. The van der Waals surface area contributed by atoms with Crippen LogP contribution in [0.3, 0.4) is 0 Å². The molecular weight excluding hydrogens is 617 g/mol. The zero-order valence-electron chi connectivity index (χ0n) is 26.5. The molecule has 0 amide bonds. The third-order valence-electron chi connectivity index (χ3n) is 10.5. The third-order valence-corrected chi connectivity index (χ3v) is 10.5. The van der Waals surface area contributed by atoms with E-state index >= 15 is 0 Å². The summed E-state index contributed by atoms with van der Waals surface area (Å²) in [5.74, 6) is 0. The average Bonchev–Trinajstić information content (AvgIpc) is 3.93. The number of benzene rings is 8. The van der Waals surface area contributed by atoms with E-state index in [0.717, 1.165) is 87.9 Å². The summed E-state index contributed by atoms with van der Waals surface area (Å²) >= 11 is 0. The van der Waals surface area contributed by atoms with Gasteiger partial charge in [0.05, 0.1) is 6.26 Å². The summed E-state index contributed by atoms with van der Waals surface area (Å²) in [5, 5.41) is 12.4. The van der Waals surface area contributed by atoms with Crippen molar-refractivity contribution >= 4 is 98.3 Å². The van der Waals surface area contributed by atoms with Crippen LogP contribution in [0.1, 0.15) is 0 Å². The number of rotatable bonds is 2. The molecular formula is C46H24O4. The second-order valence-corrected chi connectivity index (χ2v) is 13.2. The van der Waals surface area contributed by atoms with Crippen molar-refractivity contribution in [3.05, 3.63) is 146 Å². The van der Waals surface area contributed by atoms with Crippen LogP contribution in [0.15, 0.2) is 163 Å². The Morgan fingerprint density at radius 3 is 1.68 bits per heavy atom. The van der Waals surface area contributed by atoms with Crippen molar-refractivity contribution < 1.29 is 17.7 Å². The van der Waals surface area contributed by atoms with Gasteiger partial charge in [0, 0.05) is 49.8 Å². The van der Waals surface area contributed by atoms with Gasteiger partial charge in [0.15, 0.2) is 0 Å². The lowest BCUT2D eigenvalue weighted by molar-refractivity contribution is 0.613.